The lowest BCUT2D eigenvalue weighted by atomic mass is 9.98. The van der Waals surface area contributed by atoms with E-state index in [9.17, 15) is 13.7 Å². The Morgan fingerprint density at radius 1 is 0.750 bits per heavy atom. The molecule has 0 unspecified atom stereocenters. The van der Waals surface area contributed by atoms with Gasteiger partial charge in [0.05, 0.1) is 16.0 Å². The molecule has 0 aliphatic heterocycles. The average Bonchev–Trinajstić information content (AvgIpc) is 2.67. The summed E-state index contributed by atoms with van der Waals surface area (Å²) in [6.45, 7) is 3.76. The maximum Gasteiger partial charge on any atom is 0.261 e. The molecule has 3 rings (SSSR count). The lowest BCUT2D eigenvalue weighted by Gasteiger charge is -2.12. The molecule has 0 aliphatic carbocycles. The van der Waals surface area contributed by atoms with E-state index >= 15 is 0 Å². The van der Waals surface area contributed by atoms with E-state index in [1.54, 1.807) is 54.6 Å². The molecule has 0 saturated carbocycles. The van der Waals surface area contributed by atoms with Crippen molar-refractivity contribution in [1.82, 2.24) is 0 Å². The summed E-state index contributed by atoms with van der Waals surface area (Å²) in [5.41, 5.74) is 4.34. The summed E-state index contributed by atoms with van der Waals surface area (Å²) in [6, 6.07) is 20.9. The second-order valence-electron chi connectivity index (χ2n) is 6.49. The van der Waals surface area contributed by atoms with Crippen LogP contribution in [0.15, 0.2) is 65.6 Å². The Hall–Kier alpha value is -3.61. The van der Waals surface area contributed by atoms with Crippen LogP contribution in [0.25, 0.3) is 11.1 Å². The van der Waals surface area contributed by atoms with Crippen molar-refractivity contribution >= 4 is 15.7 Å². The normalized spacial score (nSPS) is 10.7. The molecule has 0 saturated heterocycles. The van der Waals surface area contributed by atoms with Gasteiger partial charge in [-0.2, -0.15) is 10.5 Å². The number of nitrogens with zero attached hydrogens (tertiary/aromatic N) is 2. The van der Waals surface area contributed by atoms with Crippen LogP contribution in [0.1, 0.15) is 22.3 Å². The molecule has 0 heterocycles. The number of anilines is 1. The molecule has 28 heavy (non-hydrogen) atoms. The predicted molar refractivity (Wildman–Crippen MR) is 108 cm³/mol. The third kappa shape index (κ3) is 4.03. The third-order valence-corrected chi connectivity index (χ3v) is 5.65. The molecule has 3 aromatic rings. The van der Waals surface area contributed by atoms with Gasteiger partial charge in [0.25, 0.3) is 10.0 Å². The molecule has 5 nitrogen and oxygen atoms in total. The number of nitrogens with one attached hydrogen (secondary N) is 1. The van der Waals surface area contributed by atoms with Crippen LogP contribution in [0.3, 0.4) is 0 Å². The highest BCUT2D eigenvalue weighted by Crippen LogP contribution is 2.28. The van der Waals surface area contributed by atoms with Crippen LogP contribution in [0.5, 0.6) is 0 Å². The molecule has 0 radical (unpaired) electrons. The first-order valence-electron chi connectivity index (χ1n) is 8.48. The van der Waals surface area contributed by atoms with E-state index in [0.717, 1.165) is 22.3 Å². The highest BCUT2D eigenvalue weighted by molar-refractivity contribution is 7.92. The molecule has 3 aromatic carbocycles. The van der Waals surface area contributed by atoms with Crippen LogP contribution in [0.2, 0.25) is 0 Å². The maximum atomic E-state index is 12.7. The van der Waals surface area contributed by atoms with Gasteiger partial charge in [0, 0.05) is 5.69 Å². The van der Waals surface area contributed by atoms with Crippen molar-refractivity contribution in [2.75, 3.05) is 4.72 Å². The Labute approximate surface area is 164 Å². The van der Waals surface area contributed by atoms with Crippen LogP contribution in [-0.2, 0) is 10.0 Å². The minimum Gasteiger partial charge on any atom is -0.280 e. The fraction of sp³-hybridized carbons (Fsp3) is 0.0909. The first-order valence-corrected chi connectivity index (χ1v) is 9.96. The molecule has 0 aromatic heterocycles. The summed E-state index contributed by atoms with van der Waals surface area (Å²) < 4.78 is 27.9. The molecule has 138 valence electrons. The van der Waals surface area contributed by atoms with Gasteiger partial charge in [-0.25, -0.2) is 8.42 Å². The van der Waals surface area contributed by atoms with E-state index < -0.39 is 10.0 Å². The van der Waals surface area contributed by atoms with Crippen molar-refractivity contribution in [3.05, 3.63) is 82.9 Å². The number of sulfonamides is 1. The molecule has 0 spiro atoms. The SMILES string of the molecule is Cc1ccc(S(=O)(=O)Nc2cc(C)cc(-c3ccc(C#N)c(C#N)c3)c2)cc1. The Bertz CT molecular complexity index is 1230. The highest BCUT2D eigenvalue weighted by atomic mass is 32.2. The second-order valence-corrected chi connectivity index (χ2v) is 8.17. The maximum absolute atomic E-state index is 12.7. The van der Waals surface area contributed by atoms with E-state index in [1.165, 1.54) is 0 Å². The molecular formula is C22H17N3O2S. The monoisotopic (exact) mass is 387 g/mol. The van der Waals surface area contributed by atoms with Crippen LogP contribution in [0.4, 0.5) is 5.69 Å². The van der Waals surface area contributed by atoms with Crippen LogP contribution >= 0.6 is 0 Å². The molecule has 0 amide bonds. The average molecular weight is 387 g/mol. The van der Waals surface area contributed by atoms with Gasteiger partial charge in [-0.15, -0.1) is 0 Å². The van der Waals surface area contributed by atoms with Gasteiger partial charge in [-0.1, -0.05) is 29.8 Å². The van der Waals surface area contributed by atoms with Crippen molar-refractivity contribution < 1.29 is 8.42 Å². The molecule has 0 fully saturated rings. The standard InChI is InChI=1S/C22H17N3O2S/c1-15-3-7-22(8-4-15)28(26,27)25-21-10-16(2)9-19(12-21)17-5-6-18(13-23)20(11-17)14-24/h3-12,25H,1-2H3. The summed E-state index contributed by atoms with van der Waals surface area (Å²) in [5, 5.41) is 18.3. The minimum atomic E-state index is -3.71. The first-order chi connectivity index (χ1) is 13.3. The number of benzene rings is 3. The van der Waals surface area contributed by atoms with Crippen molar-refractivity contribution in [1.29, 1.82) is 10.5 Å². The first kappa shape index (κ1) is 19.2. The number of nitriles is 2. The Morgan fingerprint density at radius 3 is 2.07 bits per heavy atom. The Balaban J connectivity index is 2.00. The van der Waals surface area contributed by atoms with E-state index in [1.807, 2.05) is 32.1 Å². The zero-order valence-electron chi connectivity index (χ0n) is 15.4. The summed E-state index contributed by atoms with van der Waals surface area (Å²) >= 11 is 0. The van der Waals surface area contributed by atoms with Crippen molar-refractivity contribution in [3.8, 4) is 23.3 Å². The Kier molecular flexibility index (Phi) is 5.17. The number of hydrogen-bond donors (Lipinski definition) is 1. The van der Waals surface area contributed by atoms with Gasteiger partial charge in [0.2, 0.25) is 0 Å². The van der Waals surface area contributed by atoms with Crippen molar-refractivity contribution in [2.24, 2.45) is 0 Å². The second kappa shape index (κ2) is 7.56. The molecule has 0 bridgehead atoms. The van der Waals surface area contributed by atoms with E-state index in [2.05, 4.69) is 4.72 Å². The number of hydrogen-bond acceptors (Lipinski definition) is 4. The van der Waals surface area contributed by atoms with Gasteiger partial charge in [-0.3, -0.25) is 4.72 Å². The largest absolute Gasteiger partial charge is 0.280 e. The smallest absolute Gasteiger partial charge is 0.261 e. The third-order valence-electron chi connectivity index (χ3n) is 4.25. The van der Waals surface area contributed by atoms with Gasteiger partial charge in [0.15, 0.2) is 0 Å². The van der Waals surface area contributed by atoms with Crippen LogP contribution < -0.4 is 4.72 Å². The van der Waals surface area contributed by atoms with Crippen LogP contribution in [0, 0.1) is 36.5 Å². The quantitative estimate of drug-likeness (QED) is 0.712. The van der Waals surface area contributed by atoms with Crippen molar-refractivity contribution in [3.63, 3.8) is 0 Å². The Morgan fingerprint density at radius 2 is 1.43 bits per heavy atom. The van der Waals surface area contributed by atoms with E-state index in [0.29, 0.717) is 11.3 Å². The zero-order chi connectivity index (χ0) is 20.3. The molecule has 1 N–H and O–H groups in total. The fourth-order valence-electron chi connectivity index (χ4n) is 2.85. The van der Waals surface area contributed by atoms with Gasteiger partial charge < -0.3 is 0 Å². The predicted octanol–water partition coefficient (Wildman–Crippen LogP) is 4.51. The molecular weight excluding hydrogens is 370 g/mol. The number of rotatable bonds is 4. The summed E-state index contributed by atoms with van der Waals surface area (Å²) in [6.07, 6.45) is 0. The van der Waals surface area contributed by atoms with Crippen LogP contribution in [-0.4, -0.2) is 8.42 Å². The van der Waals surface area contributed by atoms with E-state index in [-0.39, 0.29) is 10.5 Å². The van der Waals surface area contributed by atoms with Gasteiger partial charge in [-0.05, 0) is 66.9 Å². The lowest BCUT2D eigenvalue weighted by Crippen LogP contribution is -2.13. The highest BCUT2D eigenvalue weighted by Gasteiger charge is 2.15. The topological polar surface area (TPSA) is 93.8 Å². The summed E-state index contributed by atoms with van der Waals surface area (Å²) in [7, 11) is -3.71. The molecule has 0 aliphatic rings. The fourth-order valence-corrected chi connectivity index (χ4v) is 3.89. The number of aryl methyl sites for hydroxylation is 2. The molecule has 0 atom stereocenters. The minimum absolute atomic E-state index is 0.186. The summed E-state index contributed by atoms with van der Waals surface area (Å²) in [4.78, 5) is 0.186. The zero-order valence-corrected chi connectivity index (χ0v) is 16.2. The van der Waals surface area contributed by atoms with E-state index in [4.69, 9.17) is 5.26 Å². The van der Waals surface area contributed by atoms with Gasteiger partial charge in [0.1, 0.15) is 12.1 Å². The summed E-state index contributed by atoms with van der Waals surface area (Å²) in [5.74, 6) is 0. The molecule has 6 heteroatoms. The van der Waals surface area contributed by atoms with Gasteiger partial charge >= 0.3 is 0 Å². The lowest BCUT2D eigenvalue weighted by molar-refractivity contribution is 0.601. The van der Waals surface area contributed by atoms with Crippen molar-refractivity contribution in [2.45, 2.75) is 18.7 Å².